The third-order valence-electron chi connectivity index (χ3n) is 0.515. The van der Waals surface area contributed by atoms with E-state index in [4.69, 9.17) is 0 Å². The summed E-state index contributed by atoms with van der Waals surface area (Å²) in [5.74, 6) is -3.68. The summed E-state index contributed by atoms with van der Waals surface area (Å²) in [4.78, 5) is 9.24. The zero-order valence-corrected chi connectivity index (χ0v) is 5.55. The van der Waals surface area contributed by atoms with Crippen molar-refractivity contribution in [1.29, 1.82) is 0 Å². The van der Waals surface area contributed by atoms with Crippen LogP contribution in [-0.2, 0) is 21.6 Å². The number of rotatable bonds is 0. The fraction of sp³-hybridized carbons (Fsp3) is 0.667. The van der Waals surface area contributed by atoms with Crippen LogP contribution < -0.4 is 0 Å². The normalized spacial score (nSPS) is 12.2. The van der Waals surface area contributed by atoms with Gasteiger partial charge in [-0.1, -0.05) is 0 Å². The molecule has 0 amide bonds. The molecule has 8 heteroatoms. The summed E-state index contributed by atoms with van der Waals surface area (Å²) >= 11 is 0. The predicted molar refractivity (Wildman–Crippen MR) is 17.1 cm³/mol. The van der Waals surface area contributed by atoms with Crippen molar-refractivity contribution in [1.82, 2.24) is 0 Å². The summed E-state index contributed by atoms with van der Waals surface area (Å²) in [6.45, 7) is 0. The summed E-state index contributed by atoms with van der Waals surface area (Å²) in [5, 5.41) is 0. The molecule has 0 bridgehead atoms. The number of hydrogen-bond acceptors (Lipinski definition) is 1. The topological polar surface area (TPSA) is 17.1 Å². The van der Waals surface area contributed by atoms with Crippen LogP contribution >= 0.6 is 0 Å². The van der Waals surface area contributed by atoms with Crippen molar-refractivity contribution in [3.05, 3.63) is 0 Å². The first-order chi connectivity index (χ1) is 4.15. The van der Waals surface area contributed by atoms with Gasteiger partial charge < -0.3 is 0 Å². The fourth-order valence-corrected chi connectivity index (χ4v) is 0.161. The quantitative estimate of drug-likeness (QED) is 0.573. The van der Waals surface area contributed by atoms with Gasteiger partial charge in [0.05, 0.1) is 0 Å². The molecule has 1 nitrogen and oxygen atoms in total. The van der Waals surface area contributed by atoms with Crippen LogP contribution in [0.3, 0.4) is 0 Å². The van der Waals surface area contributed by atoms with Gasteiger partial charge in [-0.05, 0) is 0 Å². The second kappa shape index (κ2) is 3.44. The van der Waals surface area contributed by atoms with Crippen molar-refractivity contribution in [3.8, 4) is 0 Å². The van der Waals surface area contributed by atoms with E-state index < -0.39 is 18.1 Å². The van der Waals surface area contributed by atoms with Crippen molar-refractivity contribution >= 4 is 5.78 Å². The minimum atomic E-state index is -5.82. The monoisotopic (exact) mass is 225 g/mol. The molecule has 0 aromatic carbocycles. The van der Waals surface area contributed by atoms with Gasteiger partial charge in [-0.25, -0.2) is 0 Å². The first kappa shape index (κ1) is 13.4. The Morgan fingerprint density at radius 1 is 0.818 bits per heavy atom. The SMILES string of the molecule is O=C(C(F)(F)F)C(F)(F)F.[Co]. The average Bonchev–Trinajstić information content (AvgIpc) is 1.59. The molecule has 69 valence electrons. The Morgan fingerprint density at radius 2 is 1.00 bits per heavy atom. The molecular weight excluding hydrogens is 225 g/mol. The van der Waals surface area contributed by atoms with Crippen LogP contribution in [-0.4, -0.2) is 18.1 Å². The van der Waals surface area contributed by atoms with E-state index in [0.29, 0.717) is 0 Å². The van der Waals surface area contributed by atoms with Crippen molar-refractivity contribution in [2.75, 3.05) is 0 Å². The molecule has 0 heterocycles. The molecule has 0 spiro atoms. The molecule has 0 saturated carbocycles. The number of carbonyl (C=O) groups is 1. The largest absolute Gasteiger partial charge is 0.459 e. The fourth-order valence-electron chi connectivity index (χ4n) is 0.161. The first-order valence-electron chi connectivity index (χ1n) is 1.84. The minimum Gasteiger partial charge on any atom is -0.279 e. The molecule has 1 radical (unpaired) electrons. The van der Waals surface area contributed by atoms with Gasteiger partial charge in [0.25, 0.3) is 0 Å². The number of alkyl halides is 6. The first-order valence-corrected chi connectivity index (χ1v) is 1.84. The van der Waals surface area contributed by atoms with Gasteiger partial charge in [-0.15, -0.1) is 0 Å². The molecule has 11 heavy (non-hydrogen) atoms. The Bertz CT molecular complexity index is 129. The average molecular weight is 225 g/mol. The Kier molecular flexibility index (Phi) is 4.17. The van der Waals surface area contributed by atoms with E-state index in [2.05, 4.69) is 0 Å². The third-order valence-corrected chi connectivity index (χ3v) is 0.515. The number of halogens is 6. The van der Waals surface area contributed by atoms with E-state index in [0.717, 1.165) is 0 Å². The van der Waals surface area contributed by atoms with Crippen LogP contribution in [0.5, 0.6) is 0 Å². The van der Waals surface area contributed by atoms with Crippen molar-refractivity contribution in [2.45, 2.75) is 12.4 Å². The molecular formula is C3CoF6O. The molecule has 0 unspecified atom stereocenters. The minimum absolute atomic E-state index is 0. The van der Waals surface area contributed by atoms with Gasteiger partial charge in [-0.3, -0.25) is 4.79 Å². The third kappa shape index (κ3) is 4.25. The molecule has 0 aliphatic rings. The molecule has 0 aromatic heterocycles. The van der Waals surface area contributed by atoms with Gasteiger partial charge in [0.1, 0.15) is 0 Å². The number of carbonyl (C=O) groups excluding carboxylic acids is 1. The Morgan fingerprint density at radius 3 is 1.00 bits per heavy atom. The van der Waals surface area contributed by atoms with E-state index in [1.807, 2.05) is 0 Å². The Balaban J connectivity index is 0. The molecule has 0 aliphatic heterocycles. The van der Waals surface area contributed by atoms with Gasteiger partial charge in [0.15, 0.2) is 0 Å². The zero-order chi connectivity index (χ0) is 8.58. The number of Topliss-reactive ketones (excluding diaryl/α,β-unsaturated/α-hetero) is 1. The van der Waals surface area contributed by atoms with E-state index in [-0.39, 0.29) is 16.8 Å². The second-order valence-electron chi connectivity index (χ2n) is 1.32. The Hall–Kier alpha value is -0.244. The van der Waals surface area contributed by atoms with Crippen molar-refractivity contribution < 1.29 is 47.9 Å². The molecule has 0 fully saturated rings. The second-order valence-corrected chi connectivity index (χ2v) is 1.32. The smallest absolute Gasteiger partial charge is 0.279 e. The van der Waals surface area contributed by atoms with Crippen LogP contribution in [0.4, 0.5) is 26.3 Å². The van der Waals surface area contributed by atoms with Gasteiger partial charge >= 0.3 is 18.1 Å². The predicted octanol–water partition coefficient (Wildman–Crippen LogP) is 1.68. The molecule has 0 saturated heterocycles. The standard InChI is InChI=1S/C3F6O.Co/c4-2(5,6)1(10)3(7,8)9;. The van der Waals surface area contributed by atoms with Gasteiger partial charge in [0, 0.05) is 16.8 Å². The molecule has 0 aliphatic carbocycles. The molecule has 0 N–H and O–H groups in total. The zero-order valence-electron chi connectivity index (χ0n) is 4.51. The van der Waals surface area contributed by atoms with E-state index in [9.17, 15) is 31.1 Å². The van der Waals surface area contributed by atoms with Crippen LogP contribution in [0.1, 0.15) is 0 Å². The van der Waals surface area contributed by atoms with Crippen LogP contribution in [0.2, 0.25) is 0 Å². The Labute approximate surface area is 66.9 Å². The van der Waals surface area contributed by atoms with E-state index in [1.54, 1.807) is 0 Å². The molecule has 0 rings (SSSR count). The molecule has 0 atom stereocenters. The summed E-state index contributed by atoms with van der Waals surface area (Å²) in [6, 6.07) is 0. The number of hydrogen-bond donors (Lipinski definition) is 0. The maximum atomic E-state index is 10.9. The molecule has 0 aromatic rings. The van der Waals surface area contributed by atoms with Crippen LogP contribution in [0, 0.1) is 0 Å². The van der Waals surface area contributed by atoms with Gasteiger partial charge in [-0.2, -0.15) is 26.3 Å². The van der Waals surface area contributed by atoms with E-state index in [1.165, 1.54) is 0 Å². The van der Waals surface area contributed by atoms with Crippen molar-refractivity contribution in [2.24, 2.45) is 0 Å². The maximum absolute atomic E-state index is 10.9. The van der Waals surface area contributed by atoms with Crippen molar-refractivity contribution in [3.63, 3.8) is 0 Å². The maximum Gasteiger partial charge on any atom is 0.459 e. The number of ketones is 1. The van der Waals surface area contributed by atoms with Crippen LogP contribution in [0.25, 0.3) is 0 Å². The summed E-state index contributed by atoms with van der Waals surface area (Å²) < 4.78 is 65.3. The van der Waals surface area contributed by atoms with E-state index >= 15 is 0 Å². The summed E-state index contributed by atoms with van der Waals surface area (Å²) in [5.41, 5.74) is 0. The van der Waals surface area contributed by atoms with Gasteiger partial charge in [0.2, 0.25) is 0 Å². The van der Waals surface area contributed by atoms with Crippen LogP contribution in [0.15, 0.2) is 0 Å². The summed E-state index contributed by atoms with van der Waals surface area (Å²) in [7, 11) is 0. The summed E-state index contributed by atoms with van der Waals surface area (Å²) in [6.07, 6.45) is -11.6.